The molecule has 0 fully saturated rings. The van der Waals surface area contributed by atoms with Gasteiger partial charge >= 0.3 is 5.97 Å². The third-order valence-electron chi connectivity index (χ3n) is 3.80. The van der Waals surface area contributed by atoms with E-state index in [1.54, 1.807) is 0 Å². The summed E-state index contributed by atoms with van der Waals surface area (Å²) in [5, 5.41) is 19.0. The highest BCUT2D eigenvalue weighted by atomic mass is 32.2. The monoisotopic (exact) mass is 439 g/mol. The second kappa shape index (κ2) is 10.8. The standard InChI is InChI=1S/C21H17N3O6S/c1-2-28-18-11-7-15(8-12-18)19-22-23-21(30-19)31-14-4-3-13-29-20(25)16-5-9-17(10-6-16)24(26)27/h5-12H,2,13-14H2,1H3. The Kier molecular flexibility index (Phi) is 7.61. The van der Waals surface area contributed by atoms with Crippen LogP contribution in [-0.2, 0) is 4.74 Å². The summed E-state index contributed by atoms with van der Waals surface area (Å²) in [4.78, 5) is 21.9. The first-order valence-corrected chi connectivity index (χ1v) is 10.1. The number of rotatable bonds is 8. The summed E-state index contributed by atoms with van der Waals surface area (Å²) in [5.41, 5.74) is 0.904. The molecule has 0 aliphatic carbocycles. The predicted octanol–water partition coefficient (Wildman–Crippen LogP) is 4.00. The molecule has 31 heavy (non-hydrogen) atoms. The Bertz CT molecular complexity index is 1100. The number of non-ortho nitro benzene ring substituents is 1. The zero-order valence-corrected chi connectivity index (χ0v) is 17.3. The first-order chi connectivity index (χ1) is 15.1. The van der Waals surface area contributed by atoms with E-state index in [1.165, 1.54) is 36.0 Å². The summed E-state index contributed by atoms with van der Waals surface area (Å²) in [5.74, 6) is 6.49. The van der Waals surface area contributed by atoms with Crippen molar-refractivity contribution in [3.63, 3.8) is 0 Å². The number of esters is 1. The molecule has 0 bridgehead atoms. The second-order valence-electron chi connectivity index (χ2n) is 5.85. The fraction of sp³-hybridized carbons (Fsp3) is 0.190. The summed E-state index contributed by atoms with van der Waals surface area (Å²) >= 11 is 1.26. The Balaban J connectivity index is 1.43. The van der Waals surface area contributed by atoms with Crippen LogP contribution in [0.15, 0.2) is 58.2 Å². The van der Waals surface area contributed by atoms with Crippen LogP contribution in [0.3, 0.4) is 0 Å². The molecule has 0 radical (unpaired) electrons. The molecule has 0 unspecified atom stereocenters. The van der Waals surface area contributed by atoms with Crippen LogP contribution in [0.2, 0.25) is 0 Å². The van der Waals surface area contributed by atoms with Crippen LogP contribution in [-0.4, -0.2) is 40.1 Å². The number of aromatic nitrogens is 2. The molecule has 1 aromatic heterocycles. The van der Waals surface area contributed by atoms with E-state index in [0.717, 1.165) is 11.3 Å². The lowest BCUT2D eigenvalue weighted by atomic mass is 10.2. The Labute approximate surface area is 181 Å². The molecule has 0 amide bonds. The lowest BCUT2D eigenvalue weighted by molar-refractivity contribution is -0.384. The zero-order chi connectivity index (χ0) is 22.1. The molecule has 0 N–H and O–H groups in total. The summed E-state index contributed by atoms with van der Waals surface area (Å²) in [7, 11) is 0. The van der Waals surface area contributed by atoms with Crippen LogP contribution < -0.4 is 4.74 Å². The van der Waals surface area contributed by atoms with Gasteiger partial charge in [-0.25, -0.2) is 4.79 Å². The maximum atomic E-state index is 11.9. The van der Waals surface area contributed by atoms with Crippen molar-refractivity contribution < 1.29 is 23.6 Å². The van der Waals surface area contributed by atoms with Crippen molar-refractivity contribution in [2.75, 3.05) is 19.0 Å². The normalized spacial score (nSPS) is 10.1. The van der Waals surface area contributed by atoms with E-state index in [9.17, 15) is 14.9 Å². The number of ether oxygens (including phenoxy) is 2. The van der Waals surface area contributed by atoms with E-state index in [1.807, 2.05) is 31.2 Å². The largest absolute Gasteiger partial charge is 0.494 e. The van der Waals surface area contributed by atoms with Gasteiger partial charge in [0.25, 0.3) is 10.9 Å². The summed E-state index contributed by atoms with van der Waals surface area (Å²) < 4.78 is 16.0. The Morgan fingerprint density at radius 2 is 1.87 bits per heavy atom. The predicted molar refractivity (Wildman–Crippen MR) is 113 cm³/mol. The average Bonchev–Trinajstić information content (AvgIpc) is 3.25. The van der Waals surface area contributed by atoms with Crippen LogP contribution >= 0.6 is 11.8 Å². The summed E-state index contributed by atoms with van der Waals surface area (Å²) in [6.45, 7) is 2.41. The molecule has 0 atom stereocenters. The zero-order valence-electron chi connectivity index (χ0n) is 16.4. The molecule has 3 aromatic rings. The highest BCUT2D eigenvalue weighted by Gasteiger charge is 2.10. The molecule has 0 aliphatic heterocycles. The van der Waals surface area contributed by atoms with Crippen LogP contribution in [0.4, 0.5) is 5.69 Å². The van der Waals surface area contributed by atoms with Gasteiger partial charge in [-0.3, -0.25) is 10.1 Å². The maximum Gasteiger partial charge on any atom is 0.339 e. The molecule has 1 heterocycles. The molecule has 10 heteroatoms. The number of carbonyl (C=O) groups is 1. The topological polar surface area (TPSA) is 118 Å². The van der Waals surface area contributed by atoms with E-state index in [-0.39, 0.29) is 17.9 Å². The fourth-order valence-electron chi connectivity index (χ4n) is 2.35. The fourth-order valence-corrected chi connectivity index (χ4v) is 2.88. The van der Waals surface area contributed by atoms with E-state index >= 15 is 0 Å². The average molecular weight is 439 g/mol. The van der Waals surface area contributed by atoms with Gasteiger partial charge in [-0.05, 0) is 43.3 Å². The molecule has 0 aliphatic rings. The Hall–Kier alpha value is -3.84. The molecule has 0 spiro atoms. The van der Waals surface area contributed by atoms with Crippen LogP contribution in [0.5, 0.6) is 5.75 Å². The lowest BCUT2D eigenvalue weighted by Gasteiger charge is -2.02. The van der Waals surface area contributed by atoms with E-state index in [4.69, 9.17) is 13.9 Å². The van der Waals surface area contributed by atoms with E-state index in [0.29, 0.717) is 23.5 Å². The third kappa shape index (κ3) is 6.32. The lowest BCUT2D eigenvalue weighted by Crippen LogP contribution is -2.05. The molecule has 0 saturated carbocycles. The second-order valence-corrected chi connectivity index (χ2v) is 6.78. The first kappa shape index (κ1) is 21.9. The summed E-state index contributed by atoms with van der Waals surface area (Å²) in [6.07, 6.45) is 0. The van der Waals surface area contributed by atoms with Crippen LogP contribution in [0.25, 0.3) is 11.5 Å². The van der Waals surface area contributed by atoms with Gasteiger partial charge in [-0.2, -0.15) is 0 Å². The molecule has 0 saturated heterocycles. The number of nitrogens with zero attached hydrogens (tertiary/aromatic N) is 3. The number of thioether (sulfide) groups is 1. The van der Waals surface area contributed by atoms with Crippen molar-refractivity contribution in [2.45, 2.75) is 12.1 Å². The van der Waals surface area contributed by atoms with E-state index < -0.39 is 10.9 Å². The summed E-state index contributed by atoms with van der Waals surface area (Å²) in [6, 6.07) is 12.5. The SMILES string of the molecule is CCOc1ccc(-c2nnc(SCC#CCOC(=O)c3ccc([N+](=O)[O-])cc3)o2)cc1. The van der Waals surface area contributed by atoms with Gasteiger partial charge in [0.05, 0.1) is 22.8 Å². The molecule has 2 aromatic carbocycles. The Morgan fingerprint density at radius 3 is 2.55 bits per heavy atom. The minimum Gasteiger partial charge on any atom is -0.494 e. The minimum atomic E-state index is -0.603. The van der Waals surface area contributed by atoms with Crippen molar-refractivity contribution >= 4 is 23.4 Å². The maximum absolute atomic E-state index is 11.9. The highest BCUT2D eigenvalue weighted by molar-refractivity contribution is 7.99. The quantitative estimate of drug-likeness (QED) is 0.169. The van der Waals surface area contributed by atoms with Crippen molar-refractivity contribution in [2.24, 2.45) is 0 Å². The third-order valence-corrected chi connectivity index (χ3v) is 4.50. The minimum absolute atomic E-state index is 0.0972. The highest BCUT2D eigenvalue weighted by Crippen LogP contribution is 2.24. The van der Waals surface area contributed by atoms with Gasteiger partial charge in [0.2, 0.25) is 5.89 Å². The van der Waals surface area contributed by atoms with Gasteiger partial charge in [0.15, 0.2) is 6.61 Å². The molecule has 3 rings (SSSR count). The number of carbonyl (C=O) groups excluding carboxylic acids is 1. The number of hydrogen-bond acceptors (Lipinski definition) is 9. The number of hydrogen-bond donors (Lipinski definition) is 0. The molecular weight excluding hydrogens is 422 g/mol. The Morgan fingerprint density at radius 1 is 1.13 bits per heavy atom. The number of benzene rings is 2. The van der Waals surface area contributed by atoms with Crippen molar-refractivity contribution in [1.29, 1.82) is 0 Å². The van der Waals surface area contributed by atoms with Crippen molar-refractivity contribution in [3.8, 4) is 29.0 Å². The number of nitro benzene ring substituents is 1. The van der Waals surface area contributed by atoms with Crippen molar-refractivity contribution in [3.05, 3.63) is 64.2 Å². The van der Waals surface area contributed by atoms with Gasteiger partial charge in [0, 0.05) is 17.7 Å². The van der Waals surface area contributed by atoms with Gasteiger partial charge in [0.1, 0.15) is 5.75 Å². The van der Waals surface area contributed by atoms with Crippen molar-refractivity contribution in [1.82, 2.24) is 10.2 Å². The van der Waals surface area contributed by atoms with Gasteiger partial charge < -0.3 is 13.9 Å². The number of nitro groups is 1. The first-order valence-electron chi connectivity index (χ1n) is 9.13. The van der Waals surface area contributed by atoms with Gasteiger partial charge in [-0.1, -0.05) is 23.6 Å². The molecular formula is C21H17N3O6S. The van der Waals surface area contributed by atoms with Gasteiger partial charge in [-0.15, -0.1) is 10.2 Å². The van der Waals surface area contributed by atoms with Crippen LogP contribution in [0.1, 0.15) is 17.3 Å². The molecule has 9 nitrogen and oxygen atoms in total. The smallest absolute Gasteiger partial charge is 0.339 e. The van der Waals surface area contributed by atoms with Crippen LogP contribution in [0, 0.1) is 22.0 Å². The molecule has 158 valence electrons. The van der Waals surface area contributed by atoms with E-state index in [2.05, 4.69) is 22.0 Å².